The molecule has 0 bridgehead atoms. The molecule has 230 valence electrons. The van der Waals surface area contributed by atoms with Crippen molar-refractivity contribution in [3.63, 3.8) is 0 Å². The van der Waals surface area contributed by atoms with Crippen molar-refractivity contribution in [1.29, 1.82) is 0 Å². The highest BCUT2D eigenvalue weighted by Crippen LogP contribution is 2.17. The number of nitrogens with two attached hydrogens (primary N) is 1. The van der Waals surface area contributed by atoms with Crippen LogP contribution in [0.5, 0.6) is 0 Å². The number of aromatic nitrogens is 3. The lowest BCUT2D eigenvalue weighted by atomic mass is 10.1. The molecule has 0 atom stereocenters. The summed E-state index contributed by atoms with van der Waals surface area (Å²) in [5, 5.41) is 2.93. The molecule has 0 saturated heterocycles. The van der Waals surface area contributed by atoms with Gasteiger partial charge in [0.1, 0.15) is 6.29 Å². The zero-order valence-corrected chi connectivity index (χ0v) is 25.5. The van der Waals surface area contributed by atoms with Crippen molar-refractivity contribution >= 4 is 23.7 Å². The lowest BCUT2D eigenvalue weighted by Gasteiger charge is -2.09. The van der Waals surface area contributed by atoms with E-state index in [0.29, 0.717) is 16.7 Å². The second kappa shape index (κ2) is 26.0. The number of aldehydes is 1. The van der Waals surface area contributed by atoms with Gasteiger partial charge in [-0.25, -0.2) is 0 Å². The molecule has 43 heavy (non-hydrogen) atoms. The van der Waals surface area contributed by atoms with Gasteiger partial charge in [-0.1, -0.05) is 46.8 Å². The van der Waals surface area contributed by atoms with Gasteiger partial charge in [0.25, 0.3) is 5.91 Å². The predicted octanol–water partition coefficient (Wildman–Crippen LogP) is 7.91. The number of anilines is 1. The summed E-state index contributed by atoms with van der Waals surface area (Å²) >= 11 is 0. The summed E-state index contributed by atoms with van der Waals surface area (Å²) < 4.78 is 0. The van der Waals surface area contributed by atoms with E-state index in [-0.39, 0.29) is 19.1 Å². The molecule has 3 heterocycles. The van der Waals surface area contributed by atoms with Gasteiger partial charge < -0.3 is 11.1 Å². The van der Waals surface area contributed by atoms with Gasteiger partial charge in [0.2, 0.25) is 0 Å². The first kappa shape index (κ1) is 40.2. The number of hydrogen-bond acceptors (Lipinski definition) is 7. The topological polar surface area (TPSA) is 128 Å². The minimum Gasteiger partial charge on any atom is -0.405 e. The number of carbonyl (C=O) groups is 3. The number of aryl methyl sites for hydroxylation is 2. The van der Waals surface area contributed by atoms with E-state index in [0.717, 1.165) is 30.4 Å². The predicted molar refractivity (Wildman–Crippen MR) is 178 cm³/mol. The maximum Gasteiger partial charge on any atom is 0.255 e. The van der Waals surface area contributed by atoms with Crippen LogP contribution in [0.4, 0.5) is 5.69 Å². The Morgan fingerprint density at radius 1 is 0.837 bits per heavy atom. The van der Waals surface area contributed by atoms with E-state index in [1.54, 1.807) is 79.7 Å². The smallest absolute Gasteiger partial charge is 0.255 e. The van der Waals surface area contributed by atoms with Crippen LogP contribution >= 0.6 is 0 Å². The third-order valence-corrected chi connectivity index (χ3v) is 5.00. The molecule has 3 aromatic heterocycles. The fourth-order valence-electron chi connectivity index (χ4n) is 3.10. The van der Waals surface area contributed by atoms with Crippen LogP contribution in [0.3, 0.4) is 0 Å². The highest BCUT2D eigenvalue weighted by Gasteiger charge is 2.06. The first-order valence-corrected chi connectivity index (χ1v) is 13.8. The average Bonchev–Trinajstić information content (AvgIpc) is 3.04. The molecule has 3 N–H and O–H groups in total. The van der Waals surface area contributed by atoms with Crippen molar-refractivity contribution in [2.75, 3.05) is 5.32 Å². The van der Waals surface area contributed by atoms with E-state index < -0.39 is 0 Å². The molecule has 4 aromatic rings. The van der Waals surface area contributed by atoms with Crippen LogP contribution in [-0.4, -0.2) is 32.9 Å². The monoisotopic (exact) mass is 585 g/mol. The lowest BCUT2D eigenvalue weighted by Crippen LogP contribution is -2.12. The number of hydrogen-bond donors (Lipinski definition) is 2. The number of nitrogens with zero attached hydrogens (tertiary/aromatic N) is 3. The van der Waals surface area contributed by atoms with Gasteiger partial charge >= 0.3 is 0 Å². The molecule has 0 aliphatic rings. The van der Waals surface area contributed by atoms with E-state index >= 15 is 0 Å². The van der Waals surface area contributed by atoms with Gasteiger partial charge in [0.05, 0.1) is 0 Å². The van der Waals surface area contributed by atoms with Crippen LogP contribution in [0.25, 0.3) is 0 Å². The second-order valence-electron chi connectivity index (χ2n) is 8.36. The average molecular weight is 586 g/mol. The Balaban J connectivity index is 0. The number of ketones is 1. The van der Waals surface area contributed by atoms with Crippen molar-refractivity contribution in [2.45, 2.75) is 61.8 Å². The number of allylic oxidation sites excluding steroid dienone is 1. The Bertz CT molecular complexity index is 1310. The van der Waals surface area contributed by atoms with Gasteiger partial charge in [0, 0.05) is 59.6 Å². The highest BCUT2D eigenvalue weighted by molar-refractivity contribution is 6.04. The fourth-order valence-corrected chi connectivity index (χ4v) is 3.10. The Morgan fingerprint density at radius 3 is 1.67 bits per heavy atom. The molecular weight excluding hydrogens is 538 g/mol. The van der Waals surface area contributed by atoms with E-state index in [9.17, 15) is 14.4 Å². The minimum atomic E-state index is -0.101. The number of amides is 1. The summed E-state index contributed by atoms with van der Waals surface area (Å²) in [6, 6.07) is 16.3. The molecule has 1 amide bonds. The highest BCUT2D eigenvalue weighted by atomic mass is 16.1. The Hall–Kier alpha value is -4.98. The molecule has 4 rings (SSSR count). The van der Waals surface area contributed by atoms with Crippen LogP contribution in [0.15, 0.2) is 104 Å². The number of pyridine rings is 3. The van der Waals surface area contributed by atoms with Gasteiger partial charge in [-0.05, 0) is 93.0 Å². The quantitative estimate of drug-likeness (QED) is 0.174. The molecule has 0 aliphatic carbocycles. The molecule has 8 nitrogen and oxygen atoms in total. The van der Waals surface area contributed by atoms with Gasteiger partial charge in [-0.3, -0.25) is 29.3 Å². The first-order valence-electron chi connectivity index (χ1n) is 13.8. The molecule has 0 unspecified atom stereocenters. The van der Waals surface area contributed by atoms with Crippen LogP contribution in [0, 0.1) is 6.92 Å². The number of nitrogens with one attached hydrogen (secondary N) is 1. The van der Waals surface area contributed by atoms with E-state index in [4.69, 9.17) is 5.73 Å². The van der Waals surface area contributed by atoms with Crippen molar-refractivity contribution in [3.8, 4) is 0 Å². The molecule has 8 heteroatoms. The molecule has 0 spiro atoms. The minimum absolute atomic E-state index is 0. The molecular formula is C35H47N5O3. The molecule has 0 radical (unpaired) electrons. The Labute approximate surface area is 257 Å². The van der Waals surface area contributed by atoms with Crippen molar-refractivity contribution in [1.82, 2.24) is 15.0 Å². The first-order chi connectivity index (χ1) is 20.3. The molecule has 0 fully saturated rings. The van der Waals surface area contributed by atoms with Crippen LogP contribution in [-0.2, 0) is 6.42 Å². The van der Waals surface area contributed by atoms with Gasteiger partial charge in [0.15, 0.2) is 5.78 Å². The Kier molecular flexibility index (Phi) is 24.2. The zero-order valence-electron chi connectivity index (χ0n) is 25.5. The third kappa shape index (κ3) is 18.9. The van der Waals surface area contributed by atoms with Crippen molar-refractivity contribution < 1.29 is 14.4 Å². The largest absolute Gasteiger partial charge is 0.405 e. The number of benzene rings is 1. The normalized spacial score (nSPS) is 8.98. The van der Waals surface area contributed by atoms with E-state index in [1.807, 2.05) is 39.8 Å². The van der Waals surface area contributed by atoms with Gasteiger partial charge in [-0.2, -0.15) is 0 Å². The third-order valence-electron chi connectivity index (χ3n) is 5.00. The summed E-state index contributed by atoms with van der Waals surface area (Å²) in [7, 11) is 0. The summed E-state index contributed by atoms with van der Waals surface area (Å²) in [5.41, 5.74) is 10.1. The fraction of sp³-hybridized carbons (Fsp3) is 0.257. The number of carbonyl (C=O) groups excluding carboxylic acids is 3. The second-order valence-corrected chi connectivity index (χ2v) is 8.36. The lowest BCUT2D eigenvalue weighted by molar-refractivity contribution is 0.101. The number of Topliss-reactive ketones (excluding diaryl/α,β-unsaturated/α-hetero) is 1. The van der Waals surface area contributed by atoms with Gasteiger partial charge in [-0.15, -0.1) is 0 Å². The zero-order chi connectivity index (χ0) is 31.6. The summed E-state index contributed by atoms with van der Waals surface area (Å²) in [6.45, 7) is 11.6. The SMILES string of the molecule is C.C/C=C\N.CC.CC(=O)c1ccncc1.CCCc1cc(C)cc(NC(=O)c2ccncc2)c1.O=Cc1ccncc1. The summed E-state index contributed by atoms with van der Waals surface area (Å²) in [6.07, 6.45) is 15.8. The molecule has 0 saturated carbocycles. The van der Waals surface area contributed by atoms with E-state index in [2.05, 4.69) is 33.3 Å². The summed E-state index contributed by atoms with van der Waals surface area (Å²) in [5.74, 6) is -0.0205. The summed E-state index contributed by atoms with van der Waals surface area (Å²) in [4.78, 5) is 44.1. The van der Waals surface area contributed by atoms with E-state index in [1.165, 1.54) is 18.7 Å². The molecule has 0 aliphatic heterocycles. The van der Waals surface area contributed by atoms with Crippen molar-refractivity contribution in [2.24, 2.45) is 5.73 Å². The van der Waals surface area contributed by atoms with Crippen LogP contribution in [0.2, 0.25) is 0 Å². The standard InChI is InChI=1S/C16H18N2O.C7H7NO.C6H5NO.C3H7N.C2H6.CH4/c1-3-4-13-9-12(2)10-15(11-13)18-16(19)14-5-7-17-8-6-14;1-6(9)7-2-4-8-5-3-7;8-5-6-1-3-7-4-2-6;1-2-3-4;1-2;/h5-11H,3-4H2,1-2H3,(H,18,19);2-5H,1H3;1-5H;2-3H,4H2,1H3;1-2H3;1H4/b;;;3-2-;;. The number of rotatable bonds is 6. The Morgan fingerprint density at radius 2 is 1.30 bits per heavy atom. The maximum absolute atomic E-state index is 12.1. The van der Waals surface area contributed by atoms with Crippen molar-refractivity contribution in [3.05, 3.63) is 132 Å². The van der Waals surface area contributed by atoms with Crippen LogP contribution < -0.4 is 11.1 Å². The van der Waals surface area contributed by atoms with Crippen LogP contribution in [0.1, 0.15) is 90.7 Å². The molecule has 1 aromatic carbocycles. The maximum atomic E-state index is 12.1.